The van der Waals surface area contributed by atoms with Gasteiger partial charge in [-0.15, -0.1) is 0 Å². The van der Waals surface area contributed by atoms with Gasteiger partial charge in [-0.25, -0.2) is 0 Å². The molecule has 258 valence electrons. The minimum Gasteiger partial charge on any atom is -0.387 e. The summed E-state index contributed by atoms with van der Waals surface area (Å²) in [5.74, 6) is 0. The van der Waals surface area contributed by atoms with Crippen molar-refractivity contribution >= 4 is 28.3 Å². The van der Waals surface area contributed by atoms with Crippen molar-refractivity contribution in [2.24, 2.45) is 0 Å². The van der Waals surface area contributed by atoms with Crippen LogP contribution >= 0.6 is 24.0 Å². The summed E-state index contributed by atoms with van der Waals surface area (Å²) in [5.41, 5.74) is 4.64. The summed E-state index contributed by atoms with van der Waals surface area (Å²) >= 11 is 7.46. The van der Waals surface area contributed by atoms with Gasteiger partial charge in [0.2, 0.25) is 0 Å². The second kappa shape index (κ2) is 18.9. The first kappa shape index (κ1) is 35.9. The number of thiocarbonyl (C=S) groups is 1. The Labute approximate surface area is 305 Å². The Morgan fingerprint density at radius 1 is 0.580 bits per heavy atom. The van der Waals surface area contributed by atoms with E-state index in [9.17, 15) is 5.11 Å². The molecule has 6 rings (SSSR count). The molecule has 5 aromatic rings. The van der Waals surface area contributed by atoms with Gasteiger partial charge in [0.25, 0.3) is 0 Å². The normalized spacial score (nSPS) is 20.3. The van der Waals surface area contributed by atoms with E-state index in [1.165, 1.54) is 11.8 Å². The molecule has 1 aliphatic rings. The predicted octanol–water partition coefficient (Wildman–Crippen LogP) is 8.18. The molecule has 0 aromatic heterocycles. The average Bonchev–Trinajstić information content (AvgIpc) is 3.16. The molecular formula is C42H43NO5S2. The van der Waals surface area contributed by atoms with Crippen LogP contribution in [0, 0.1) is 0 Å². The van der Waals surface area contributed by atoms with Gasteiger partial charge in [-0.2, -0.15) is 0 Å². The fourth-order valence-electron chi connectivity index (χ4n) is 5.89. The van der Waals surface area contributed by atoms with Crippen molar-refractivity contribution in [2.45, 2.75) is 62.8 Å². The smallest absolute Gasteiger partial charge is 0.139 e. The fourth-order valence-corrected chi connectivity index (χ4v) is 7.27. The van der Waals surface area contributed by atoms with Crippen molar-refractivity contribution < 1.29 is 24.1 Å². The van der Waals surface area contributed by atoms with E-state index in [0.717, 1.165) is 27.8 Å². The van der Waals surface area contributed by atoms with Crippen LogP contribution in [0.15, 0.2) is 152 Å². The van der Waals surface area contributed by atoms with Gasteiger partial charge in [0.15, 0.2) is 0 Å². The highest BCUT2D eigenvalue weighted by atomic mass is 32.2. The molecule has 0 aliphatic carbocycles. The van der Waals surface area contributed by atoms with Gasteiger partial charge < -0.3 is 29.0 Å². The summed E-state index contributed by atoms with van der Waals surface area (Å²) in [4.78, 5) is 2.15. The minimum absolute atomic E-state index is 0.244. The molecule has 0 saturated carbocycles. The van der Waals surface area contributed by atoms with Crippen molar-refractivity contribution in [3.63, 3.8) is 0 Å². The maximum absolute atomic E-state index is 12.0. The number of benzene rings is 5. The van der Waals surface area contributed by atoms with Crippen molar-refractivity contribution in [2.75, 3.05) is 6.61 Å². The van der Waals surface area contributed by atoms with Gasteiger partial charge in [0.05, 0.1) is 26.4 Å². The number of rotatable bonds is 15. The molecule has 5 aromatic carbocycles. The fraction of sp³-hybridized carbons (Fsp3) is 0.262. The van der Waals surface area contributed by atoms with E-state index < -0.39 is 29.9 Å². The zero-order chi connectivity index (χ0) is 34.4. The molecule has 1 saturated heterocycles. The van der Waals surface area contributed by atoms with E-state index in [4.69, 9.17) is 31.2 Å². The number of hydrogen-bond acceptors (Lipinski definition) is 7. The number of ether oxygens (including phenoxy) is 4. The maximum Gasteiger partial charge on any atom is 0.139 e. The second-order valence-corrected chi connectivity index (χ2v) is 14.0. The van der Waals surface area contributed by atoms with E-state index in [-0.39, 0.29) is 6.61 Å². The summed E-state index contributed by atoms with van der Waals surface area (Å²) in [6.45, 7) is 2.53. The summed E-state index contributed by atoms with van der Waals surface area (Å²) in [5, 5.41) is 12.0. The van der Waals surface area contributed by atoms with Crippen molar-refractivity contribution in [1.29, 1.82) is 0 Å². The van der Waals surface area contributed by atoms with E-state index in [1.807, 2.05) is 127 Å². The van der Waals surface area contributed by atoms with Crippen LogP contribution in [0.5, 0.6) is 0 Å². The highest BCUT2D eigenvalue weighted by molar-refractivity contribution is 8.23. The van der Waals surface area contributed by atoms with Gasteiger partial charge in [0, 0.05) is 13.1 Å². The molecule has 50 heavy (non-hydrogen) atoms. The molecule has 0 radical (unpaired) electrons. The quantitative estimate of drug-likeness (QED) is 0.110. The highest BCUT2D eigenvalue weighted by Gasteiger charge is 2.48. The van der Waals surface area contributed by atoms with Gasteiger partial charge >= 0.3 is 0 Å². The third-order valence-corrected chi connectivity index (χ3v) is 10.1. The summed E-state index contributed by atoms with van der Waals surface area (Å²) < 4.78 is 26.7. The Bertz CT molecular complexity index is 1660. The number of aliphatic hydroxyl groups excluding tert-OH is 1. The van der Waals surface area contributed by atoms with Crippen LogP contribution in [0.2, 0.25) is 0 Å². The summed E-state index contributed by atoms with van der Waals surface area (Å²) in [6.07, 6.45) is -2.90. The lowest BCUT2D eigenvalue weighted by atomic mass is 9.99. The highest BCUT2D eigenvalue weighted by Crippen LogP contribution is 2.35. The second-order valence-electron chi connectivity index (χ2n) is 12.3. The van der Waals surface area contributed by atoms with E-state index in [0.29, 0.717) is 37.2 Å². The van der Waals surface area contributed by atoms with Gasteiger partial charge in [0.1, 0.15) is 34.2 Å². The predicted molar refractivity (Wildman–Crippen MR) is 203 cm³/mol. The molecule has 1 heterocycles. The molecule has 1 N–H and O–H groups in total. The Hall–Kier alpha value is -3.86. The molecule has 1 fully saturated rings. The van der Waals surface area contributed by atoms with Crippen LogP contribution in [0.3, 0.4) is 0 Å². The van der Waals surface area contributed by atoms with Crippen LogP contribution in [-0.2, 0) is 51.9 Å². The van der Waals surface area contributed by atoms with Gasteiger partial charge in [-0.3, -0.25) is 0 Å². The minimum atomic E-state index is -1.04. The van der Waals surface area contributed by atoms with Crippen LogP contribution in [0.1, 0.15) is 27.8 Å². The Balaban J connectivity index is 1.25. The maximum atomic E-state index is 12.0. The van der Waals surface area contributed by atoms with E-state index in [2.05, 4.69) is 29.2 Å². The molecule has 6 nitrogen and oxygen atoms in total. The van der Waals surface area contributed by atoms with Crippen LogP contribution in [0.4, 0.5) is 0 Å². The molecule has 0 spiro atoms. The first-order valence-corrected chi connectivity index (χ1v) is 18.2. The zero-order valence-corrected chi connectivity index (χ0v) is 29.5. The van der Waals surface area contributed by atoms with E-state index in [1.54, 1.807) is 0 Å². The van der Waals surface area contributed by atoms with Crippen LogP contribution in [0.25, 0.3) is 0 Å². The molecule has 1 aliphatic heterocycles. The first-order chi connectivity index (χ1) is 24.6. The number of thioether (sulfide) groups is 1. The number of nitrogens with zero attached hydrogens (tertiary/aromatic N) is 1. The van der Waals surface area contributed by atoms with Crippen molar-refractivity contribution in [1.82, 2.24) is 4.90 Å². The molecule has 0 amide bonds. The lowest BCUT2D eigenvalue weighted by molar-refractivity contribution is -0.242. The van der Waals surface area contributed by atoms with Gasteiger partial charge in [-0.1, -0.05) is 176 Å². The Morgan fingerprint density at radius 2 is 0.980 bits per heavy atom. The van der Waals surface area contributed by atoms with Crippen LogP contribution < -0.4 is 0 Å². The number of aliphatic hydroxyl groups is 1. The lowest BCUT2D eigenvalue weighted by Gasteiger charge is -2.44. The van der Waals surface area contributed by atoms with Crippen LogP contribution in [-0.4, -0.2) is 50.8 Å². The van der Waals surface area contributed by atoms with Crippen molar-refractivity contribution in [3.8, 4) is 0 Å². The molecule has 5 atom stereocenters. The zero-order valence-electron chi connectivity index (χ0n) is 27.9. The van der Waals surface area contributed by atoms with Gasteiger partial charge in [-0.05, 0) is 27.8 Å². The Morgan fingerprint density at radius 3 is 1.44 bits per heavy atom. The van der Waals surface area contributed by atoms with E-state index >= 15 is 0 Å². The molecule has 8 heteroatoms. The average molecular weight is 706 g/mol. The monoisotopic (exact) mass is 705 g/mol. The SMILES string of the molecule is O[C@@H]1[C@@H](OCc2ccccc2)[C@H](OCc2ccccc2)[C@@H](COCc2ccccc2)O[C@H]1SC(=S)N(Cc1ccccc1)Cc1ccccc1. The number of hydrogen-bond donors (Lipinski definition) is 1. The Kier molecular flexibility index (Phi) is 13.6. The molecular weight excluding hydrogens is 663 g/mol. The van der Waals surface area contributed by atoms with Crippen molar-refractivity contribution in [3.05, 3.63) is 179 Å². The third-order valence-electron chi connectivity index (χ3n) is 8.49. The largest absolute Gasteiger partial charge is 0.387 e. The molecule has 0 unspecified atom stereocenters. The summed E-state index contributed by atoms with van der Waals surface area (Å²) in [7, 11) is 0. The summed E-state index contributed by atoms with van der Waals surface area (Å²) in [6, 6.07) is 50.5. The molecule has 0 bridgehead atoms. The third kappa shape index (κ3) is 10.6. The topological polar surface area (TPSA) is 60.4 Å². The first-order valence-electron chi connectivity index (χ1n) is 16.9. The lowest BCUT2D eigenvalue weighted by Crippen LogP contribution is -2.60. The standard InChI is InChI=1S/C42H43NO5S2/c44-38-40(47-30-36-24-14-5-15-25-36)39(46-29-35-22-12-4-13-23-35)37(31-45-28-34-20-10-3-11-21-34)48-41(38)50-42(49)43(26-32-16-6-1-7-17-32)27-33-18-8-2-9-19-33/h1-25,37-41,44H,26-31H2/t37-,38-,39-,40-,41+/m1/s1.